The number of nitrogens with zero attached hydrogens (tertiary/aromatic N) is 3. The normalized spacial score (nSPS) is 11.4. The number of pyridine rings is 1. The number of thiophene rings is 1. The molecule has 0 atom stereocenters. The van der Waals surface area contributed by atoms with E-state index in [2.05, 4.69) is 34.9 Å². The summed E-state index contributed by atoms with van der Waals surface area (Å²) in [4.78, 5) is 13.5. The molecule has 102 valence electrons. The van der Waals surface area contributed by atoms with Crippen LogP contribution < -0.4 is 5.73 Å². The highest BCUT2D eigenvalue weighted by Crippen LogP contribution is 2.28. The first kappa shape index (κ1) is 13.0. The molecule has 3 heterocycles. The van der Waals surface area contributed by atoms with Gasteiger partial charge in [0.05, 0.1) is 10.2 Å². The molecule has 0 aliphatic rings. The Labute approximate surface area is 121 Å². The molecule has 3 rings (SSSR count). The van der Waals surface area contributed by atoms with Crippen molar-refractivity contribution < 1.29 is 0 Å². The number of fused-ring (bicyclic) bond motifs is 1. The number of nitrogen functional groups attached to an aromatic ring is 1. The average Bonchev–Trinajstić information content (AvgIpc) is 2.84. The molecule has 0 aliphatic heterocycles. The number of aromatic nitrogens is 3. The van der Waals surface area contributed by atoms with Crippen LogP contribution in [0.5, 0.6) is 0 Å². The van der Waals surface area contributed by atoms with Gasteiger partial charge in [0.2, 0.25) is 0 Å². The summed E-state index contributed by atoms with van der Waals surface area (Å²) in [5, 5.41) is 2.03. The van der Waals surface area contributed by atoms with Gasteiger partial charge in [-0.3, -0.25) is 4.98 Å². The highest BCUT2D eigenvalue weighted by atomic mass is 32.1. The Kier molecular flexibility index (Phi) is 3.14. The van der Waals surface area contributed by atoms with E-state index in [1.165, 1.54) is 0 Å². The topological polar surface area (TPSA) is 64.7 Å². The fourth-order valence-corrected chi connectivity index (χ4v) is 3.20. The monoisotopic (exact) mass is 284 g/mol. The smallest absolute Gasteiger partial charge is 0.163 e. The molecular formula is C15H16N4S. The second-order valence-electron chi connectivity index (χ2n) is 5.11. The van der Waals surface area contributed by atoms with Gasteiger partial charge in [-0.15, -0.1) is 11.3 Å². The minimum Gasteiger partial charge on any atom is -0.383 e. The maximum Gasteiger partial charge on any atom is 0.163 e. The third kappa shape index (κ3) is 2.14. The molecule has 0 amide bonds. The van der Waals surface area contributed by atoms with Crippen LogP contribution in [0.4, 0.5) is 5.82 Å². The van der Waals surface area contributed by atoms with E-state index < -0.39 is 0 Å². The molecule has 0 aromatic carbocycles. The Hall–Kier alpha value is -2.01. The molecule has 0 fully saturated rings. The van der Waals surface area contributed by atoms with Crippen molar-refractivity contribution in [2.45, 2.75) is 26.7 Å². The Morgan fingerprint density at radius 1 is 1.25 bits per heavy atom. The predicted octanol–water partition coefficient (Wildman–Crippen LogP) is 3.77. The third-order valence-corrected chi connectivity index (χ3v) is 4.16. The van der Waals surface area contributed by atoms with Crippen molar-refractivity contribution in [2.24, 2.45) is 0 Å². The SMILES string of the molecule is Cc1nc(-c2cnc3ccsc3c2)nc(N)c1C(C)C. The van der Waals surface area contributed by atoms with Crippen LogP contribution in [0.15, 0.2) is 23.7 Å². The molecule has 0 saturated carbocycles. The van der Waals surface area contributed by atoms with Crippen LogP contribution in [0.25, 0.3) is 21.6 Å². The molecule has 0 spiro atoms. The van der Waals surface area contributed by atoms with Gasteiger partial charge in [0.1, 0.15) is 5.82 Å². The second-order valence-corrected chi connectivity index (χ2v) is 6.06. The van der Waals surface area contributed by atoms with Crippen LogP contribution in [0, 0.1) is 6.92 Å². The number of hydrogen-bond acceptors (Lipinski definition) is 5. The van der Waals surface area contributed by atoms with Crippen LogP contribution in [0.2, 0.25) is 0 Å². The van der Waals surface area contributed by atoms with Crippen molar-refractivity contribution in [1.82, 2.24) is 15.0 Å². The van der Waals surface area contributed by atoms with Crippen LogP contribution >= 0.6 is 11.3 Å². The van der Waals surface area contributed by atoms with Crippen LogP contribution in [0.1, 0.15) is 31.0 Å². The molecule has 4 nitrogen and oxygen atoms in total. The summed E-state index contributed by atoms with van der Waals surface area (Å²) in [6.45, 7) is 6.18. The van der Waals surface area contributed by atoms with Gasteiger partial charge < -0.3 is 5.73 Å². The zero-order valence-corrected chi connectivity index (χ0v) is 12.5. The largest absolute Gasteiger partial charge is 0.383 e. The van der Waals surface area contributed by atoms with Crippen LogP contribution in [-0.2, 0) is 0 Å². The first-order valence-electron chi connectivity index (χ1n) is 6.54. The summed E-state index contributed by atoms with van der Waals surface area (Å²) in [5.41, 5.74) is 9.96. The third-order valence-electron chi connectivity index (χ3n) is 3.30. The molecule has 5 heteroatoms. The predicted molar refractivity (Wildman–Crippen MR) is 83.9 cm³/mol. The van der Waals surface area contributed by atoms with Gasteiger partial charge in [-0.25, -0.2) is 9.97 Å². The second kappa shape index (κ2) is 4.83. The van der Waals surface area contributed by atoms with Gasteiger partial charge in [-0.05, 0) is 30.4 Å². The van der Waals surface area contributed by atoms with Crippen molar-refractivity contribution >= 4 is 27.4 Å². The van der Waals surface area contributed by atoms with Crippen molar-refractivity contribution in [1.29, 1.82) is 0 Å². The Bertz CT molecular complexity index is 753. The summed E-state index contributed by atoms with van der Waals surface area (Å²) >= 11 is 1.66. The Morgan fingerprint density at radius 3 is 2.75 bits per heavy atom. The van der Waals surface area contributed by atoms with Gasteiger partial charge in [-0.1, -0.05) is 13.8 Å². The van der Waals surface area contributed by atoms with Gasteiger partial charge in [-0.2, -0.15) is 0 Å². The van der Waals surface area contributed by atoms with E-state index in [1.54, 1.807) is 17.5 Å². The van der Waals surface area contributed by atoms with E-state index >= 15 is 0 Å². The van der Waals surface area contributed by atoms with Crippen molar-refractivity contribution in [3.8, 4) is 11.4 Å². The van der Waals surface area contributed by atoms with E-state index in [9.17, 15) is 0 Å². The van der Waals surface area contributed by atoms with E-state index in [1.807, 2.05) is 18.4 Å². The zero-order valence-electron chi connectivity index (χ0n) is 11.7. The van der Waals surface area contributed by atoms with Crippen LogP contribution in [0.3, 0.4) is 0 Å². The van der Waals surface area contributed by atoms with Gasteiger partial charge in [0, 0.05) is 23.0 Å². The summed E-state index contributed by atoms with van der Waals surface area (Å²) < 4.78 is 1.13. The maximum atomic E-state index is 6.08. The van der Waals surface area contributed by atoms with E-state index in [4.69, 9.17) is 5.73 Å². The van der Waals surface area contributed by atoms with E-state index in [0.717, 1.165) is 27.0 Å². The lowest BCUT2D eigenvalue weighted by Crippen LogP contribution is -2.06. The first-order valence-corrected chi connectivity index (χ1v) is 7.42. The van der Waals surface area contributed by atoms with Crippen LogP contribution in [-0.4, -0.2) is 15.0 Å². The summed E-state index contributed by atoms with van der Waals surface area (Å²) in [6, 6.07) is 4.07. The molecule has 3 aromatic rings. The standard InChI is InChI=1S/C15H16N4S/c1-8(2)13-9(3)18-15(19-14(13)16)10-6-12-11(17-7-10)4-5-20-12/h4-8H,1-3H3,(H2,16,18,19). The van der Waals surface area contributed by atoms with E-state index in [-0.39, 0.29) is 0 Å². The molecule has 0 saturated heterocycles. The lowest BCUT2D eigenvalue weighted by molar-refractivity contribution is 0.836. The fraction of sp³-hybridized carbons (Fsp3) is 0.267. The number of rotatable bonds is 2. The lowest BCUT2D eigenvalue weighted by Gasteiger charge is -2.13. The first-order chi connectivity index (χ1) is 9.56. The number of hydrogen-bond donors (Lipinski definition) is 1. The molecule has 0 radical (unpaired) electrons. The quantitative estimate of drug-likeness (QED) is 0.778. The minimum absolute atomic E-state index is 0.321. The number of nitrogens with two attached hydrogens (primary N) is 1. The Balaban J connectivity index is 2.14. The molecule has 2 N–H and O–H groups in total. The van der Waals surface area contributed by atoms with E-state index in [0.29, 0.717) is 17.6 Å². The molecule has 0 aliphatic carbocycles. The van der Waals surface area contributed by atoms with Crippen molar-refractivity contribution in [3.05, 3.63) is 35.0 Å². The summed E-state index contributed by atoms with van der Waals surface area (Å²) in [5.74, 6) is 1.53. The van der Waals surface area contributed by atoms with Crippen molar-refractivity contribution in [3.63, 3.8) is 0 Å². The highest BCUT2D eigenvalue weighted by molar-refractivity contribution is 7.17. The lowest BCUT2D eigenvalue weighted by atomic mass is 10.0. The zero-order chi connectivity index (χ0) is 14.3. The molecule has 20 heavy (non-hydrogen) atoms. The Morgan fingerprint density at radius 2 is 2.05 bits per heavy atom. The summed E-state index contributed by atoms with van der Waals surface area (Å²) in [7, 11) is 0. The number of anilines is 1. The van der Waals surface area contributed by atoms with Crippen molar-refractivity contribution in [2.75, 3.05) is 5.73 Å². The average molecular weight is 284 g/mol. The molecule has 0 unspecified atom stereocenters. The molecular weight excluding hydrogens is 268 g/mol. The molecule has 0 bridgehead atoms. The highest BCUT2D eigenvalue weighted by Gasteiger charge is 2.14. The maximum absolute atomic E-state index is 6.08. The minimum atomic E-state index is 0.321. The number of aryl methyl sites for hydroxylation is 1. The molecule has 3 aromatic heterocycles. The van der Waals surface area contributed by atoms with Gasteiger partial charge in [0.25, 0.3) is 0 Å². The van der Waals surface area contributed by atoms with Gasteiger partial charge in [0.15, 0.2) is 5.82 Å². The fourth-order valence-electron chi connectivity index (χ4n) is 2.42. The summed E-state index contributed by atoms with van der Waals surface area (Å²) in [6.07, 6.45) is 1.80. The van der Waals surface area contributed by atoms with Gasteiger partial charge >= 0.3 is 0 Å².